The van der Waals surface area contributed by atoms with Gasteiger partial charge in [-0.2, -0.15) is 0 Å². The van der Waals surface area contributed by atoms with Crippen molar-refractivity contribution in [2.75, 3.05) is 13.2 Å². The summed E-state index contributed by atoms with van der Waals surface area (Å²) < 4.78 is 10.2. The van der Waals surface area contributed by atoms with Crippen molar-refractivity contribution in [1.29, 1.82) is 0 Å². The molecule has 1 heterocycles. The van der Waals surface area contributed by atoms with Crippen molar-refractivity contribution in [3.63, 3.8) is 0 Å². The van der Waals surface area contributed by atoms with Gasteiger partial charge in [-0.15, -0.1) is 0 Å². The minimum Gasteiger partial charge on any atom is -0.455 e. The fourth-order valence-corrected chi connectivity index (χ4v) is 2.94. The van der Waals surface area contributed by atoms with Gasteiger partial charge in [0.2, 0.25) is 0 Å². The zero-order valence-corrected chi connectivity index (χ0v) is 13.5. The zero-order valence-electron chi connectivity index (χ0n) is 13.5. The predicted octanol–water partition coefficient (Wildman–Crippen LogP) is 0.473. The number of ether oxygens (including phenoxy) is 2. The van der Waals surface area contributed by atoms with Crippen LogP contribution < -0.4 is 0 Å². The van der Waals surface area contributed by atoms with E-state index in [0.29, 0.717) is 6.61 Å². The lowest BCUT2D eigenvalue weighted by Gasteiger charge is -2.32. The molecule has 124 valence electrons. The molecule has 0 aromatic heterocycles. The Hall–Kier alpha value is -0.690. The molecule has 1 fully saturated rings. The standard InChI is InChI=1S/C15H28O6/c1-14(2,3)7-15(4,5)8-20-6-9(16)12-10(17)11(18)13(19)21-12/h9-12,16-18H,6-8H2,1-5H3. The van der Waals surface area contributed by atoms with Gasteiger partial charge in [-0.1, -0.05) is 34.6 Å². The molecule has 6 nitrogen and oxygen atoms in total. The molecule has 4 atom stereocenters. The van der Waals surface area contributed by atoms with Crippen LogP contribution in [-0.2, 0) is 14.3 Å². The number of rotatable bonds is 6. The second-order valence-corrected chi connectivity index (χ2v) is 7.82. The summed E-state index contributed by atoms with van der Waals surface area (Å²) in [6.45, 7) is 11.0. The lowest BCUT2D eigenvalue weighted by Crippen LogP contribution is -2.41. The maximum atomic E-state index is 11.1. The highest BCUT2D eigenvalue weighted by Gasteiger charge is 2.46. The fourth-order valence-electron chi connectivity index (χ4n) is 2.94. The maximum absolute atomic E-state index is 11.1. The summed E-state index contributed by atoms with van der Waals surface area (Å²) in [7, 11) is 0. The summed E-state index contributed by atoms with van der Waals surface area (Å²) in [5.74, 6) is -0.917. The number of aliphatic hydroxyl groups excluding tert-OH is 3. The SMILES string of the molecule is CC(C)(C)CC(C)(C)COCC(O)C1OC(=O)C(O)C1O. The van der Waals surface area contributed by atoms with Crippen molar-refractivity contribution in [1.82, 2.24) is 0 Å². The fraction of sp³-hybridized carbons (Fsp3) is 0.933. The lowest BCUT2D eigenvalue weighted by atomic mass is 9.77. The second kappa shape index (κ2) is 6.60. The van der Waals surface area contributed by atoms with E-state index in [1.54, 1.807) is 0 Å². The molecule has 0 aliphatic carbocycles. The molecular formula is C15H28O6. The van der Waals surface area contributed by atoms with Crippen molar-refractivity contribution < 1.29 is 29.6 Å². The van der Waals surface area contributed by atoms with Crippen molar-refractivity contribution in [2.45, 2.75) is 65.5 Å². The van der Waals surface area contributed by atoms with E-state index in [1.807, 2.05) is 0 Å². The van der Waals surface area contributed by atoms with E-state index in [9.17, 15) is 20.1 Å². The third-order valence-electron chi connectivity index (χ3n) is 3.32. The Bertz CT molecular complexity index is 360. The summed E-state index contributed by atoms with van der Waals surface area (Å²) >= 11 is 0. The largest absolute Gasteiger partial charge is 0.455 e. The van der Waals surface area contributed by atoms with Crippen molar-refractivity contribution in [3.05, 3.63) is 0 Å². The van der Waals surface area contributed by atoms with E-state index in [4.69, 9.17) is 9.47 Å². The van der Waals surface area contributed by atoms with Crippen LogP contribution in [0.15, 0.2) is 0 Å². The van der Waals surface area contributed by atoms with Crippen LogP contribution in [0.4, 0.5) is 0 Å². The molecule has 4 unspecified atom stereocenters. The van der Waals surface area contributed by atoms with Gasteiger partial charge in [-0.05, 0) is 17.3 Å². The van der Waals surface area contributed by atoms with E-state index in [0.717, 1.165) is 6.42 Å². The van der Waals surface area contributed by atoms with Crippen LogP contribution in [0.25, 0.3) is 0 Å². The number of carbonyl (C=O) groups is 1. The predicted molar refractivity (Wildman–Crippen MR) is 76.6 cm³/mol. The molecule has 0 radical (unpaired) electrons. The molecule has 0 bridgehead atoms. The molecule has 1 rings (SSSR count). The molecule has 0 amide bonds. The third-order valence-corrected chi connectivity index (χ3v) is 3.32. The van der Waals surface area contributed by atoms with Crippen LogP contribution in [0.1, 0.15) is 41.0 Å². The smallest absolute Gasteiger partial charge is 0.338 e. The van der Waals surface area contributed by atoms with Crippen molar-refractivity contribution in [2.24, 2.45) is 10.8 Å². The lowest BCUT2D eigenvalue weighted by molar-refractivity contribution is -0.152. The number of aliphatic hydroxyl groups is 3. The Morgan fingerprint density at radius 1 is 1.24 bits per heavy atom. The Balaban J connectivity index is 2.40. The van der Waals surface area contributed by atoms with Gasteiger partial charge in [0.05, 0.1) is 13.2 Å². The first kappa shape index (κ1) is 18.4. The molecule has 1 aliphatic heterocycles. The van der Waals surface area contributed by atoms with Gasteiger partial charge < -0.3 is 24.8 Å². The van der Waals surface area contributed by atoms with E-state index in [-0.39, 0.29) is 17.4 Å². The topological polar surface area (TPSA) is 96.2 Å². The van der Waals surface area contributed by atoms with Crippen molar-refractivity contribution in [3.8, 4) is 0 Å². The van der Waals surface area contributed by atoms with Gasteiger partial charge in [-0.25, -0.2) is 4.79 Å². The van der Waals surface area contributed by atoms with Gasteiger partial charge in [-0.3, -0.25) is 0 Å². The van der Waals surface area contributed by atoms with E-state index < -0.39 is 30.4 Å². The monoisotopic (exact) mass is 304 g/mol. The first-order chi connectivity index (χ1) is 9.43. The van der Waals surface area contributed by atoms with Crippen LogP contribution in [0.2, 0.25) is 0 Å². The van der Waals surface area contributed by atoms with Gasteiger partial charge in [0.25, 0.3) is 0 Å². The highest BCUT2D eigenvalue weighted by Crippen LogP contribution is 2.33. The molecule has 3 N–H and O–H groups in total. The third kappa shape index (κ3) is 5.54. The van der Waals surface area contributed by atoms with Crippen molar-refractivity contribution >= 4 is 5.97 Å². The number of hydrogen-bond acceptors (Lipinski definition) is 6. The number of cyclic esters (lactones) is 1. The molecule has 6 heteroatoms. The van der Waals surface area contributed by atoms with E-state index in [1.165, 1.54) is 0 Å². The van der Waals surface area contributed by atoms with Crippen LogP contribution in [0.5, 0.6) is 0 Å². The number of hydrogen-bond donors (Lipinski definition) is 3. The highest BCUT2D eigenvalue weighted by atomic mass is 16.6. The van der Waals surface area contributed by atoms with Gasteiger partial charge in [0, 0.05) is 0 Å². The molecule has 21 heavy (non-hydrogen) atoms. The second-order valence-electron chi connectivity index (χ2n) is 7.82. The number of carbonyl (C=O) groups excluding carboxylic acids is 1. The Labute approximate surface area is 126 Å². The Morgan fingerprint density at radius 3 is 2.24 bits per heavy atom. The average Bonchev–Trinajstić information content (AvgIpc) is 2.53. The summed E-state index contributed by atoms with van der Waals surface area (Å²) in [6, 6.07) is 0. The number of esters is 1. The Kier molecular flexibility index (Phi) is 5.77. The van der Waals surface area contributed by atoms with Crippen LogP contribution in [-0.4, -0.2) is 58.9 Å². The first-order valence-electron chi connectivity index (χ1n) is 7.25. The normalized spacial score (nSPS) is 28.6. The first-order valence-corrected chi connectivity index (χ1v) is 7.25. The van der Waals surface area contributed by atoms with E-state index in [2.05, 4.69) is 34.6 Å². The summed E-state index contributed by atoms with van der Waals surface area (Å²) in [5, 5.41) is 28.8. The molecular weight excluding hydrogens is 276 g/mol. The summed E-state index contributed by atoms with van der Waals surface area (Å²) in [5.41, 5.74) is 0.120. The molecule has 0 spiro atoms. The molecule has 0 saturated carbocycles. The van der Waals surface area contributed by atoms with Gasteiger partial charge >= 0.3 is 5.97 Å². The maximum Gasteiger partial charge on any atom is 0.338 e. The van der Waals surface area contributed by atoms with Gasteiger partial charge in [0.1, 0.15) is 12.2 Å². The average molecular weight is 304 g/mol. The van der Waals surface area contributed by atoms with Crippen LogP contribution >= 0.6 is 0 Å². The zero-order chi connectivity index (χ0) is 16.4. The molecule has 1 aliphatic rings. The van der Waals surface area contributed by atoms with Gasteiger partial charge in [0.15, 0.2) is 12.2 Å². The van der Waals surface area contributed by atoms with Crippen LogP contribution in [0.3, 0.4) is 0 Å². The highest BCUT2D eigenvalue weighted by molar-refractivity contribution is 5.77. The molecule has 0 aromatic carbocycles. The molecule has 0 aromatic rings. The summed E-state index contributed by atoms with van der Waals surface area (Å²) in [4.78, 5) is 11.1. The minimum absolute atomic E-state index is 0.0531. The van der Waals surface area contributed by atoms with E-state index >= 15 is 0 Å². The minimum atomic E-state index is -1.60. The molecule has 1 saturated heterocycles. The quantitative estimate of drug-likeness (QED) is 0.618. The summed E-state index contributed by atoms with van der Waals surface area (Å²) in [6.07, 6.45) is -4.36. The Morgan fingerprint density at radius 2 is 1.81 bits per heavy atom. The van der Waals surface area contributed by atoms with Crippen LogP contribution in [0, 0.1) is 10.8 Å².